The van der Waals surface area contributed by atoms with Crippen LogP contribution in [0, 0.1) is 0 Å². The molecule has 1 aliphatic heterocycles. The number of halogens is 3. The van der Waals surface area contributed by atoms with Gasteiger partial charge in [0.2, 0.25) is 0 Å². The molecule has 1 unspecified atom stereocenters. The summed E-state index contributed by atoms with van der Waals surface area (Å²) in [6.07, 6.45) is -1.27. The van der Waals surface area contributed by atoms with E-state index in [0.717, 1.165) is 31.5 Å². The maximum absolute atomic E-state index is 12.6. The molecule has 17 heavy (non-hydrogen) atoms. The molecule has 1 aliphatic rings. The van der Waals surface area contributed by atoms with E-state index in [4.69, 9.17) is 5.73 Å². The highest BCUT2D eigenvalue weighted by atomic mass is 19.4. The summed E-state index contributed by atoms with van der Waals surface area (Å²) in [5.41, 5.74) is 4.93. The first-order chi connectivity index (χ1) is 8.02. The molecule has 0 bridgehead atoms. The monoisotopic (exact) mass is 245 g/mol. The first-order valence-electron chi connectivity index (χ1n) is 5.52. The van der Waals surface area contributed by atoms with Crippen LogP contribution in [0.5, 0.6) is 0 Å². The van der Waals surface area contributed by atoms with Gasteiger partial charge in [-0.15, -0.1) is 0 Å². The molecule has 2 N–H and O–H groups in total. The predicted octanol–water partition coefficient (Wildman–Crippen LogP) is 2.03. The van der Waals surface area contributed by atoms with Crippen molar-refractivity contribution >= 4 is 5.82 Å². The molecule has 1 atom stereocenters. The van der Waals surface area contributed by atoms with Crippen LogP contribution < -0.4 is 10.6 Å². The van der Waals surface area contributed by atoms with Gasteiger partial charge in [0.25, 0.3) is 0 Å². The van der Waals surface area contributed by atoms with Crippen molar-refractivity contribution in [2.24, 2.45) is 5.73 Å². The lowest BCUT2D eigenvalue weighted by molar-refractivity contribution is -0.137. The summed E-state index contributed by atoms with van der Waals surface area (Å²) in [5.74, 6) is 0.368. The Hall–Kier alpha value is -1.30. The van der Waals surface area contributed by atoms with Crippen molar-refractivity contribution in [1.82, 2.24) is 4.98 Å². The lowest BCUT2D eigenvalue weighted by Gasteiger charge is -2.25. The fraction of sp³-hybridized carbons (Fsp3) is 0.545. The molecule has 0 radical (unpaired) electrons. The van der Waals surface area contributed by atoms with Crippen molar-refractivity contribution in [2.45, 2.75) is 25.1 Å². The highest BCUT2D eigenvalue weighted by molar-refractivity contribution is 5.44. The maximum atomic E-state index is 12.6. The normalized spacial score (nSPS) is 20.9. The average Bonchev–Trinajstić information content (AvgIpc) is 2.76. The zero-order valence-electron chi connectivity index (χ0n) is 9.24. The molecular weight excluding hydrogens is 231 g/mol. The molecule has 94 valence electrons. The number of rotatable bonds is 2. The van der Waals surface area contributed by atoms with Gasteiger partial charge in [0.15, 0.2) is 0 Å². The number of pyridine rings is 1. The standard InChI is InChI=1S/C11H14F3N3/c12-11(13,14)8-3-4-16-10(6-8)17-5-1-2-9(17)7-15/h3-4,6,9H,1-2,5,7,15H2. The van der Waals surface area contributed by atoms with Gasteiger partial charge in [-0.1, -0.05) is 0 Å². The summed E-state index contributed by atoms with van der Waals surface area (Å²) in [7, 11) is 0. The molecule has 0 aromatic carbocycles. The highest BCUT2D eigenvalue weighted by Gasteiger charge is 2.32. The Labute approximate surface area is 97.4 Å². The third-order valence-electron chi connectivity index (χ3n) is 3.02. The Bertz CT molecular complexity index is 392. The molecule has 3 nitrogen and oxygen atoms in total. The van der Waals surface area contributed by atoms with E-state index < -0.39 is 11.7 Å². The number of nitrogens with two attached hydrogens (primary N) is 1. The third-order valence-corrected chi connectivity index (χ3v) is 3.02. The van der Waals surface area contributed by atoms with Gasteiger partial charge in [-0.25, -0.2) is 4.98 Å². The molecule has 6 heteroatoms. The van der Waals surface area contributed by atoms with E-state index in [1.54, 1.807) is 0 Å². The molecule has 0 aliphatic carbocycles. The van der Waals surface area contributed by atoms with Crippen LogP contribution in [-0.2, 0) is 6.18 Å². The van der Waals surface area contributed by atoms with Crippen molar-refractivity contribution in [3.63, 3.8) is 0 Å². The summed E-state index contributed by atoms with van der Waals surface area (Å²) in [6, 6.07) is 2.18. The molecule has 1 saturated heterocycles. The van der Waals surface area contributed by atoms with Gasteiger partial charge in [0, 0.05) is 25.3 Å². The summed E-state index contributed by atoms with van der Waals surface area (Å²) in [4.78, 5) is 5.86. The SMILES string of the molecule is NCC1CCCN1c1cc(C(F)(F)F)ccn1. The summed E-state index contributed by atoms with van der Waals surface area (Å²) >= 11 is 0. The third kappa shape index (κ3) is 2.52. The van der Waals surface area contributed by atoms with Gasteiger partial charge in [-0.2, -0.15) is 13.2 Å². The Kier molecular flexibility index (Phi) is 3.24. The molecule has 0 saturated carbocycles. The Morgan fingerprint density at radius 1 is 1.47 bits per heavy atom. The van der Waals surface area contributed by atoms with Crippen LogP contribution in [-0.4, -0.2) is 24.1 Å². The molecule has 2 heterocycles. The molecular formula is C11H14F3N3. The van der Waals surface area contributed by atoms with E-state index in [1.807, 2.05) is 4.90 Å². The van der Waals surface area contributed by atoms with Gasteiger partial charge >= 0.3 is 6.18 Å². The van der Waals surface area contributed by atoms with Crippen LogP contribution in [0.25, 0.3) is 0 Å². The number of aromatic nitrogens is 1. The van der Waals surface area contributed by atoms with Crippen molar-refractivity contribution in [1.29, 1.82) is 0 Å². The fourth-order valence-electron chi connectivity index (χ4n) is 2.13. The first kappa shape index (κ1) is 12.2. The number of hydrogen-bond donors (Lipinski definition) is 1. The Morgan fingerprint density at radius 2 is 2.24 bits per heavy atom. The molecule has 2 rings (SSSR count). The van der Waals surface area contributed by atoms with Crippen LogP contribution in [0.3, 0.4) is 0 Å². The Balaban J connectivity index is 2.27. The minimum Gasteiger partial charge on any atom is -0.352 e. The van der Waals surface area contributed by atoms with Crippen molar-refractivity contribution in [3.05, 3.63) is 23.9 Å². The van der Waals surface area contributed by atoms with Crippen LogP contribution in [0.15, 0.2) is 18.3 Å². The number of hydrogen-bond acceptors (Lipinski definition) is 3. The van der Waals surface area contributed by atoms with Gasteiger partial charge in [0.05, 0.1) is 5.56 Å². The number of anilines is 1. The van der Waals surface area contributed by atoms with Gasteiger partial charge in [0.1, 0.15) is 5.82 Å². The van der Waals surface area contributed by atoms with Crippen LogP contribution >= 0.6 is 0 Å². The van der Waals surface area contributed by atoms with E-state index in [2.05, 4.69) is 4.98 Å². The van der Waals surface area contributed by atoms with E-state index in [1.165, 1.54) is 6.20 Å². The minimum atomic E-state index is -4.32. The van der Waals surface area contributed by atoms with Crippen molar-refractivity contribution in [2.75, 3.05) is 18.0 Å². The smallest absolute Gasteiger partial charge is 0.352 e. The van der Waals surface area contributed by atoms with E-state index in [0.29, 0.717) is 12.4 Å². The maximum Gasteiger partial charge on any atom is 0.416 e. The zero-order chi connectivity index (χ0) is 12.5. The number of alkyl halides is 3. The van der Waals surface area contributed by atoms with Crippen LogP contribution in [0.2, 0.25) is 0 Å². The van der Waals surface area contributed by atoms with Gasteiger partial charge in [-0.05, 0) is 25.0 Å². The second-order valence-electron chi connectivity index (χ2n) is 4.13. The molecule has 1 aromatic heterocycles. The van der Waals surface area contributed by atoms with E-state index in [9.17, 15) is 13.2 Å². The quantitative estimate of drug-likeness (QED) is 0.866. The molecule has 1 fully saturated rings. The van der Waals surface area contributed by atoms with Crippen molar-refractivity contribution < 1.29 is 13.2 Å². The molecule has 1 aromatic rings. The topological polar surface area (TPSA) is 42.1 Å². The number of nitrogens with zero attached hydrogens (tertiary/aromatic N) is 2. The highest BCUT2D eigenvalue weighted by Crippen LogP contribution is 2.32. The lowest BCUT2D eigenvalue weighted by Crippen LogP contribution is -2.36. The second kappa shape index (κ2) is 4.52. The first-order valence-corrected chi connectivity index (χ1v) is 5.52. The largest absolute Gasteiger partial charge is 0.416 e. The van der Waals surface area contributed by atoms with E-state index in [-0.39, 0.29) is 6.04 Å². The average molecular weight is 245 g/mol. The van der Waals surface area contributed by atoms with E-state index >= 15 is 0 Å². The summed E-state index contributed by atoms with van der Waals surface area (Å²) in [5, 5.41) is 0. The Morgan fingerprint density at radius 3 is 2.88 bits per heavy atom. The second-order valence-corrected chi connectivity index (χ2v) is 4.13. The molecule has 0 spiro atoms. The summed E-state index contributed by atoms with van der Waals surface area (Å²) < 4.78 is 37.7. The minimum absolute atomic E-state index is 0.103. The lowest BCUT2D eigenvalue weighted by atomic mass is 10.2. The van der Waals surface area contributed by atoms with Crippen LogP contribution in [0.4, 0.5) is 19.0 Å². The summed E-state index contributed by atoms with van der Waals surface area (Å²) in [6.45, 7) is 1.16. The van der Waals surface area contributed by atoms with Crippen LogP contribution in [0.1, 0.15) is 18.4 Å². The van der Waals surface area contributed by atoms with Gasteiger partial charge in [-0.3, -0.25) is 0 Å². The fourth-order valence-corrected chi connectivity index (χ4v) is 2.13. The van der Waals surface area contributed by atoms with Crippen molar-refractivity contribution in [3.8, 4) is 0 Å². The van der Waals surface area contributed by atoms with Gasteiger partial charge < -0.3 is 10.6 Å². The predicted molar refractivity (Wildman–Crippen MR) is 58.7 cm³/mol. The zero-order valence-corrected chi connectivity index (χ0v) is 9.24. The molecule has 0 amide bonds.